The number of benzene rings is 1. The van der Waals surface area contributed by atoms with Crippen LogP contribution in [-0.2, 0) is 0 Å². The summed E-state index contributed by atoms with van der Waals surface area (Å²) in [5.41, 5.74) is 2.39. The van der Waals surface area contributed by atoms with Crippen molar-refractivity contribution >= 4 is 11.6 Å². The van der Waals surface area contributed by atoms with Gasteiger partial charge < -0.3 is 5.11 Å². The Hall–Kier alpha value is -1.54. The molecule has 2 aromatic rings. The highest BCUT2D eigenvalue weighted by Gasteiger charge is 2.06. The van der Waals surface area contributed by atoms with Gasteiger partial charge in [0.05, 0.1) is 0 Å². The number of pyridine rings is 1. The summed E-state index contributed by atoms with van der Waals surface area (Å²) in [6.45, 7) is 1.93. The van der Waals surface area contributed by atoms with E-state index >= 15 is 0 Å². The number of aromatic hydroxyl groups is 1. The average molecular weight is 220 g/mol. The quantitative estimate of drug-likeness (QED) is 0.797. The fraction of sp³-hybridized carbons (Fsp3) is 0.0833. The van der Waals surface area contributed by atoms with E-state index in [4.69, 9.17) is 11.6 Å². The molecule has 0 amide bonds. The molecule has 76 valence electrons. The van der Waals surface area contributed by atoms with Crippen LogP contribution in [0, 0.1) is 6.92 Å². The average Bonchev–Trinajstić information content (AvgIpc) is 2.23. The molecule has 0 unspecified atom stereocenters. The van der Waals surface area contributed by atoms with Crippen molar-refractivity contribution in [2.24, 2.45) is 0 Å². The molecule has 0 bridgehead atoms. The van der Waals surface area contributed by atoms with E-state index in [0.717, 1.165) is 11.1 Å². The molecule has 0 spiro atoms. The minimum absolute atomic E-state index is 0.164. The van der Waals surface area contributed by atoms with Crippen LogP contribution in [0.4, 0.5) is 0 Å². The Morgan fingerprint density at radius 3 is 2.73 bits per heavy atom. The van der Waals surface area contributed by atoms with Crippen molar-refractivity contribution in [2.75, 3.05) is 0 Å². The first-order chi connectivity index (χ1) is 7.18. The van der Waals surface area contributed by atoms with E-state index in [9.17, 15) is 5.11 Å². The van der Waals surface area contributed by atoms with Crippen LogP contribution in [0.2, 0.25) is 5.02 Å². The van der Waals surface area contributed by atoms with Crippen molar-refractivity contribution in [1.29, 1.82) is 0 Å². The van der Waals surface area contributed by atoms with Crippen molar-refractivity contribution in [3.63, 3.8) is 0 Å². The Balaban J connectivity index is 2.55. The van der Waals surface area contributed by atoms with Crippen LogP contribution < -0.4 is 0 Å². The number of hydrogen-bond acceptors (Lipinski definition) is 2. The van der Waals surface area contributed by atoms with Crippen molar-refractivity contribution < 1.29 is 5.11 Å². The zero-order chi connectivity index (χ0) is 10.8. The van der Waals surface area contributed by atoms with E-state index in [1.165, 1.54) is 0 Å². The summed E-state index contributed by atoms with van der Waals surface area (Å²) in [5, 5.41) is 10.3. The minimum Gasteiger partial charge on any atom is -0.506 e. The van der Waals surface area contributed by atoms with Gasteiger partial charge in [-0.05, 0) is 30.7 Å². The summed E-state index contributed by atoms with van der Waals surface area (Å²) in [7, 11) is 0. The van der Waals surface area contributed by atoms with Crippen LogP contribution in [-0.4, -0.2) is 10.1 Å². The first-order valence-corrected chi connectivity index (χ1v) is 4.97. The van der Waals surface area contributed by atoms with Crippen LogP contribution in [0.15, 0.2) is 36.5 Å². The number of aromatic nitrogens is 1. The first kappa shape index (κ1) is 9.99. The van der Waals surface area contributed by atoms with Crippen LogP contribution in [0.5, 0.6) is 5.75 Å². The lowest BCUT2D eigenvalue weighted by Crippen LogP contribution is -1.84. The van der Waals surface area contributed by atoms with E-state index in [2.05, 4.69) is 4.98 Å². The fourth-order valence-electron chi connectivity index (χ4n) is 1.36. The highest BCUT2D eigenvalue weighted by molar-refractivity contribution is 6.31. The van der Waals surface area contributed by atoms with Crippen molar-refractivity contribution in [1.82, 2.24) is 4.98 Å². The van der Waals surface area contributed by atoms with Crippen molar-refractivity contribution in [3.8, 4) is 17.0 Å². The van der Waals surface area contributed by atoms with Crippen LogP contribution >= 0.6 is 11.6 Å². The summed E-state index contributed by atoms with van der Waals surface area (Å²) >= 11 is 6.01. The third-order valence-corrected chi connectivity index (χ3v) is 2.64. The lowest BCUT2D eigenvalue weighted by atomic mass is 10.1. The molecule has 1 aromatic carbocycles. The number of rotatable bonds is 1. The maximum Gasteiger partial charge on any atom is 0.141 e. The van der Waals surface area contributed by atoms with Crippen LogP contribution in [0.1, 0.15) is 5.56 Å². The van der Waals surface area contributed by atoms with Gasteiger partial charge >= 0.3 is 0 Å². The standard InChI is InChI=1S/C12H10ClNO/c1-8-4-5-9(7-10(8)13)12-11(15)3-2-6-14-12/h2-7,15H,1H3. The van der Waals surface area contributed by atoms with E-state index in [0.29, 0.717) is 10.7 Å². The van der Waals surface area contributed by atoms with Gasteiger partial charge in [0, 0.05) is 16.8 Å². The molecule has 0 aliphatic rings. The van der Waals surface area contributed by atoms with Gasteiger partial charge in [-0.15, -0.1) is 0 Å². The van der Waals surface area contributed by atoms with Gasteiger partial charge in [-0.3, -0.25) is 4.98 Å². The van der Waals surface area contributed by atoms with Crippen LogP contribution in [0.3, 0.4) is 0 Å². The second-order valence-corrected chi connectivity index (χ2v) is 3.74. The molecule has 0 aliphatic heterocycles. The van der Waals surface area contributed by atoms with Gasteiger partial charge in [-0.1, -0.05) is 23.7 Å². The van der Waals surface area contributed by atoms with E-state index < -0.39 is 0 Å². The first-order valence-electron chi connectivity index (χ1n) is 4.59. The second kappa shape index (κ2) is 3.91. The van der Waals surface area contributed by atoms with Gasteiger partial charge in [0.25, 0.3) is 0 Å². The number of halogens is 1. The maximum absolute atomic E-state index is 9.62. The summed E-state index contributed by atoms with van der Waals surface area (Å²) in [6.07, 6.45) is 1.64. The molecule has 0 saturated carbocycles. The third kappa shape index (κ3) is 1.95. The molecule has 1 N–H and O–H groups in total. The molecule has 2 nitrogen and oxygen atoms in total. The highest BCUT2D eigenvalue weighted by atomic mass is 35.5. The predicted molar refractivity (Wildman–Crippen MR) is 61.1 cm³/mol. The number of hydrogen-bond donors (Lipinski definition) is 1. The molecule has 15 heavy (non-hydrogen) atoms. The van der Waals surface area contributed by atoms with E-state index in [1.54, 1.807) is 24.4 Å². The summed E-state index contributed by atoms with van der Waals surface area (Å²) in [6, 6.07) is 8.90. The summed E-state index contributed by atoms with van der Waals surface area (Å²) < 4.78 is 0. The molecular weight excluding hydrogens is 210 g/mol. The Bertz CT molecular complexity index is 497. The third-order valence-electron chi connectivity index (χ3n) is 2.23. The smallest absolute Gasteiger partial charge is 0.141 e. The van der Waals surface area contributed by atoms with Gasteiger partial charge in [0.15, 0.2) is 0 Å². The maximum atomic E-state index is 9.62. The van der Waals surface area contributed by atoms with Gasteiger partial charge in [-0.2, -0.15) is 0 Å². The molecular formula is C12H10ClNO. The molecule has 1 heterocycles. The molecule has 0 fully saturated rings. The molecule has 0 radical (unpaired) electrons. The van der Waals surface area contributed by atoms with Gasteiger partial charge in [0.2, 0.25) is 0 Å². The van der Waals surface area contributed by atoms with Crippen molar-refractivity contribution in [3.05, 3.63) is 47.1 Å². The number of nitrogens with zero attached hydrogens (tertiary/aromatic N) is 1. The normalized spacial score (nSPS) is 10.3. The predicted octanol–water partition coefficient (Wildman–Crippen LogP) is 3.42. The molecule has 1 aromatic heterocycles. The Morgan fingerprint density at radius 1 is 1.27 bits per heavy atom. The van der Waals surface area contributed by atoms with Crippen LogP contribution in [0.25, 0.3) is 11.3 Å². The van der Waals surface area contributed by atoms with Crippen molar-refractivity contribution in [2.45, 2.75) is 6.92 Å². The Kier molecular flexibility index (Phi) is 2.60. The fourth-order valence-corrected chi connectivity index (χ4v) is 1.54. The lowest BCUT2D eigenvalue weighted by molar-refractivity contribution is 0.475. The van der Waals surface area contributed by atoms with E-state index in [1.807, 2.05) is 19.1 Å². The molecule has 0 atom stereocenters. The lowest BCUT2D eigenvalue weighted by Gasteiger charge is -2.04. The SMILES string of the molecule is Cc1ccc(-c2ncccc2O)cc1Cl. The summed E-state index contributed by atoms with van der Waals surface area (Å²) in [4.78, 5) is 4.11. The molecule has 0 aliphatic carbocycles. The Morgan fingerprint density at radius 2 is 2.07 bits per heavy atom. The largest absolute Gasteiger partial charge is 0.506 e. The Labute approximate surface area is 93.2 Å². The zero-order valence-corrected chi connectivity index (χ0v) is 8.99. The molecule has 3 heteroatoms. The monoisotopic (exact) mass is 219 g/mol. The molecule has 2 rings (SSSR count). The minimum atomic E-state index is 0.164. The topological polar surface area (TPSA) is 33.1 Å². The summed E-state index contributed by atoms with van der Waals surface area (Å²) in [5.74, 6) is 0.164. The van der Waals surface area contributed by atoms with E-state index in [-0.39, 0.29) is 5.75 Å². The highest BCUT2D eigenvalue weighted by Crippen LogP contribution is 2.29. The zero-order valence-electron chi connectivity index (χ0n) is 8.24. The second-order valence-electron chi connectivity index (χ2n) is 3.34. The van der Waals surface area contributed by atoms with Gasteiger partial charge in [-0.25, -0.2) is 0 Å². The van der Waals surface area contributed by atoms with Gasteiger partial charge in [0.1, 0.15) is 11.4 Å². The molecule has 0 saturated heterocycles. The number of aryl methyl sites for hydroxylation is 1.